The van der Waals surface area contributed by atoms with E-state index in [-0.39, 0.29) is 24.5 Å². The Balaban J connectivity index is 1.28. The number of nitrogens with zero attached hydrogens (tertiary/aromatic N) is 2. The van der Waals surface area contributed by atoms with Crippen LogP contribution in [0, 0.1) is 12.8 Å². The largest absolute Gasteiger partial charge is 0.484 e. The molecule has 0 spiro atoms. The fourth-order valence-corrected chi connectivity index (χ4v) is 6.65. The van der Waals surface area contributed by atoms with Crippen molar-refractivity contribution in [3.8, 4) is 5.75 Å². The van der Waals surface area contributed by atoms with Crippen molar-refractivity contribution < 1.29 is 13.9 Å². The van der Waals surface area contributed by atoms with Crippen molar-refractivity contribution in [2.75, 3.05) is 6.61 Å². The third-order valence-electron chi connectivity index (χ3n) is 6.74. The standard InChI is InChI=1S/C28H24N2O4S2/c1-17-13-26(32)34-23-15-19(9-10-21(17)23)33-16-25(31)30-28(24-8-4-12-36-24)22-7-2-5-18(27(22)29-30)14-20-6-3-11-35-20/h3-4,6,8-15,22,28H,2,5,7,16H2,1H3/b18-14+. The number of hydrogen-bond acceptors (Lipinski definition) is 7. The monoisotopic (exact) mass is 516 g/mol. The minimum Gasteiger partial charge on any atom is -0.484 e. The third-order valence-corrected chi connectivity index (χ3v) is 8.50. The summed E-state index contributed by atoms with van der Waals surface area (Å²) in [6.07, 6.45) is 5.25. The quantitative estimate of drug-likeness (QED) is 0.287. The van der Waals surface area contributed by atoms with Crippen LogP contribution in [-0.2, 0) is 4.79 Å². The van der Waals surface area contributed by atoms with Crippen LogP contribution in [0.5, 0.6) is 5.75 Å². The molecule has 0 N–H and O–H groups in total. The molecule has 6 nitrogen and oxygen atoms in total. The van der Waals surface area contributed by atoms with Crippen molar-refractivity contribution in [2.45, 2.75) is 32.2 Å². The third kappa shape index (κ3) is 4.31. The number of amides is 1. The lowest BCUT2D eigenvalue weighted by Gasteiger charge is -2.28. The average molecular weight is 517 g/mol. The summed E-state index contributed by atoms with van der Waals surface area (Å²) in [5.41, 5.74) is 3.10. The van der Waals surface area contributed by atoms with Gasteiger partial charge in [-0.1, -0.05) is 12.1 Å². The van der Waals surface area contributed by atoms with E-state index in [1.807, 2.05) is 24.4 Å². The summed E-state index contributed by atoms with van der Waals surface area (Å²) in [5, 5.41) is 11.5. The van der Waals surface area contributed by atoms with E-state index in [9.17, 15) is 9.59 Å². The Labute approximate surface area is 216 Å². The molecule has 1 fully saturated rings. The minimum absolute atomic E-state index is 0.125. The van der Waals surface area contributed by atoms with Gasteiger partial charge in [-0.25, -0.2) is 9.80 Å². The van der Waals surface area contributed by atoms with Crippen LogP contribution in [0.25, 0.3) is 17.0 Å². The molecule has 6 rings (SSSR count). The van der Waals surface area contributed by atoms with Gasteiger partial charge in [0.2, 0.25) is 0 Å². The Morgan fingerprint density at radius 2 is 2.06 bits per heavy atom. The fourth-order valence-electron chi connectivity index (χ4n) is 5.10. The topological polar surface area (TPSA) is 72.1 Å². The summed E-state index contributed by atoms with van der Waals surface area (Å²) in [6.45, 7) is 1.71. The Morgan fingerprint density at radius 1 is 1.19 bits per heavy atom. The predicted octanol–water partition coefficient (Wildman–Crippen LogP) is 6.43. The van der Waals surface area contributed by atoms with Gasteiger partial charge < -0.3 is 9.15 Å². The molecular weight excluding hydrogens is 492 g/mol. The summed E-state index contributed by atoms with van der Waals surface area (Å²) in [7, 11) is 0. The first-order chi connectivity index (χ1) is 17.6. The van der Waals surface area contributed by atoms with Crippen molar-refractivity contribution in [1.29, 1.82) is 0 Å². The lowest BCUT2D eigenvalue weighted by Crippen LogP contribution is -2.34. The normalized spacial score (nSPS) is 20.5. The van der Waals surface area contributed by atoms with E-state index in [4.69, 9.17) is 14.3 Å². The number of hydrazone groups is 1. The summed E-state index contributed by atoms with van der Waals surface area (Å²) >= 11 is 3.36. The maximum Gasteiger partial charge on any atom is 0.336 e. The first kappa shape index (κ1) is 22.9. The van der Waals surface area contributed by atoms with Crippen LogP contribution in [-0.4, -0.2) is 23.2 Å². The van der Waals surface area contributed by atoms with Crippen LogP contribution in [0.2, 0.25) is 0 Å². The van der Waals surface area contributed by atoms with Crippen LogP contribution < -0.4 is 10.4 Å². The second-order valence-corrected chi connectivity index (χ2v) is 11.0. The van der Waals surface area contributed by atoms with Crippen LogP contribution >= 0.6 is 22.7 Å². The predicted molar refractivity (Wildman–Crippen MR) is 144 cm³/mol. The number of hydrogen-bond donors (Lipinski definition) is 0. The first-order valence-electron chi connectivity index (χ1n) is 11.9. The van der Waals surface area contributed by atoms with Gasteiger partial charge in [0.25, 0.3) is 5.91 Å². The Bertz CT molecular complexity index is 1530. The summed E-state index contributed by atoms with van der Waals surface area (Å²) in [5.74, 6) is 0.446. The number of fused-ring (bicyclic) bond motifs is 2. The zero-order valence-electron chi connectivity index (χ0n) is 19.7. The molecule has 8 heteroatoms. The Hall–Kier alpha value is -3.49. The van der Waals surface area contributed by atoms with Gasteiger partial charge in [0.1, 0.15) is 11.3 Å². The molecule has 1 amide bonds. The van der Waals surface area contributed by atoms with Crippen molar-refractivity contribution in [2.24, 2.45) is 11.0 Å². The van der Waals surface area contributed by atoms with Gasteiger partial charge in [0.05, 0.1) is 11.8 Å². The van der Waals surface area contributed by atoms with Gasteiger partial charge in [-0.3, -0.25) is 4.79 Å². The van der Waals surface area contributed by atoms with Crippen molar-refractivity contribution >= 4 is 51.3 Å². The molecule has 36 heavy (non-hydrogen) atoms. The lowest BCUT2D eigenvalue weighted by molar-refractivity contribution is -0.135. The number of ether oxygens (including phenoxy) is 1. The number of aryl methyl sites for hydroxylation is 1. The average Bonchev–Trinajstić information content (AvgIpc) is 3.63. The van der Waals surface area contributed by atoms with Gasteiger partial charge in [-0.15, -0.1) is 22.7 Å². The maximum absolute atomic E-state index is 13.5. The highest BCUT2D eigenvalue weighted by Gasteiger charge is 2.44. The number of rotatable bonds is 5. The van der Waals surface area contributed by atoms with E-state index in [0.29, 0.717) is 11.3 Å². The molecule has 2 aliphatic rings. The second-order valence-electron chi connectivity index (χ2n) is 9.06. The van der Waals surface area contributed by atoms with E-state index in [1.165, 1.54) is 16.5 Å². The maximum atomic E-state index is 13.5. The molecule has 1 aliphatic carbocycles. The van der Waals surface area contributed by atoms with Crippen LogP contribution in [0.4, 0.5) is 0 Å². The summed E-state index contributed by atoms with van der Waals surface area (Å²) in [4.78, 5) is 27.6. The molecule has 2 atom stereocenters. The zero-order valence-corrected chi connectivity index (χ0v) is 21.3. The molecule has 0 saturated heterocycles. The zero-order chi connectivity index (χ0) is 24.6. The smallest absolute Gasteiger partial charge is 0.336 e. The molecule has 1 aliphatic heterocycles. The van der Waals surface area contributed by atoms with E-state index in [2.05, 4.69) is 29.7 Å². The van der Waals surface area contributed by atoms with Crippen LogP contribution in [0.1, 0.15) is 40.6 Å². The van der Waals surface area contributed by atoms with E-state index < -0.39 is 5.63 Å². The summed E-state index contributed by atoms with van der Waals surface area (Å²) in [6, 6.07) is 14.9. The van der Waals surface area contributed by atoms with Gasteiger partial charge in [-0.2, -0.15) is 5.10 Å². The fraction of sp³-hybridized carbons (Fsp3) is 0.250. The number of benzene rings is 1. The molecule has 4 aromatic rings. The second kappa shape index (κ2) is 9.52. The summed E-state index contributed by atoms with van der Waals surface area (Å²) < 4.78 is 11.2. The molecule has 1 saturated carbocycles. The number of thiophene rings is 2. The Kier molecular flexibility index (Phi) is 6.07. The highest BCUT2D eigenvalue weighted by atomic mass is 32.1. The van der Waals surface area contributed by atoms with Gasteiger partial charge in [0, 0.05) is 33.2 Å². The van der Waals surface area contributed by atoms with Crippen molar-refractivity contribution in [3.05, 3.63) is 90.6 Å². The van der Waals surface area contributed by atoms with Gasteiger partial charge >= 0.3 is 5.63 Å². The number of carbonyl (C=O) groups excluding carboxylic acids is 1. The molecule has 0 radical (unpaired) electrons. The van der Waals surface area contributed by atoms with Gasteiger partial charge in [0.15, 0.2) is 6.61 Å². The molecule has 4 heterocycles. The first-order valence-corrected chi connectivity index (χ1v) is 13.7. The van der Waals surface area contributed by atoms with Gasteiger partial charge in [-0.05, 0) is 78.4 Å². The minimum atomic E-state index is -0.408. The van der Waals surface area contributed by atoms with E-state index >= 15 is 0 Å². The molecule has 2 unspecified atom stereocenters. The SMILES string of the molecule is Cc1cc(=O)oc2cc(OCC(=O)N3N=C4/C(=C/c5cccs5)CCCC4C3c3cccs3)ccc12. The molecule has 182 valence electrons. The number of carbonyl (C=O) groups is 1. The molecule has 3 aromatic heterocycles. The number of allylic oxidation sites excluding steroid dienone is 1. The highest BCUT2D eigenvalue weighted by molar-refractivity contribution is 7.11. The van der Waals surface area contributed by atoms with Crippen LogP contribution in [0.15, 0.2) is 79.2 Å². The van der Waals surface area contributed by atoms with Crippen molar-refractivity contribution in [3.63, 3.8) is 0 Å². The van der Waals surface area contributed by atoms with E-state index in [1.54, 1.807) is 39.8 Å². The molecule has 0 bridgehead atoms. The van der Waals surface area contributed by atoms with Crippen molar-refractivity contribution in [1.82, 2.24) is 5.01 Å². The Morgan fingerprint density at radius 3 is 2.86 bits per heavy atom. The molecular formula is C28H24N2O4S2. The lowest BCUT2D eigenvalue weighted by atomic mass is 9.79. The van der Waals surface area contributed by atoms with Crippen LogP contribution in [0.3, 0.4) is 0 Å². The highest BCUT2D eigenvalue weighted by Crippen LogP contribution is 2.45. The van der Waals surface area contributed by atoms with E-state index in [0.717, 1.165) is 40.8 Å². The molecule has 1 aromatic carbocycles.